The molecule has 2 aromatic rings. The van der Waals surface area contributed by atoms with Gasteiger partial charge in [-0.15, -0.1) is 0 Å². The lowest BCUT2D eigenvalue weighted by Crippen LogP contribution is -2.54. The van der Waals surface area contributed by atoms with Crippen molar-refractivity contribution >= 4 is 0 Å². The van der Waals surface area contributed by atoms with E-state index in [4.69, 9.17) is 14.0 Å². The Morgan fingerprint density at radius 1 is 1.07 bits per heavy atom. The monoisotopic (exact) mass is 401 g/mol. The summed E-state index contributed by atoms with van der Waals surface area (Å²) in [6, 6.07) is 6.34. The number of nitrogens with zero attached hydrogens (tertiary/aromatic N) is 5. The molecule has 158 valence electrons. The predicted molar refractivity (Wildman–Crippen MR) is 110 cm³/mol. The lowest BCUT2D eigenvalue weighted by molar-refractivity contribution is 0.0531. The highest BCUT2D eigenvalue weighted by atomic mass is 16.5. The zero-order valence-electron chi connectivity index (χ0n) is 17.6. The SMILES string of the molecule is COc1ccc(-c2noc(CN3CCN(C4CCCN(C)C4)CC3)n2)cc1OC. The van der Waals surface area contributed by atoms with Crippen LogP contribution in [0.4, 0.5) is 0 Å². The van der Waals surface area contributed by atoms with Gasteiger partial charge in [-0.25, -0.2) is 0 Å². The maximum atomic E-state index is 5.51. The molecule has 8 heteroatoms. The number of benzene rings is 1. The highest BCUT2D eigenvalue weighted by molar-refractivity contribution is 5.60. The van der Waals surface area contributed by atoms with E-state index in [1.807, 2.05) is 18.2 Å². The molecule has 0 saturated carbocycles. The Balaban J connectivity index is 1.33. The fraction of sp³-hybridized carbons (Fsp3) is 0.619. The van der Waals surface area contributed by atoms with Gasteiger partial charge in [0.25, 0.3) is 0 Å². The summed E-state index contributed by atoms with van der Waals surface area (Å²) in [7, 11) is 5.47. The number of hydrogen-bond donors (Lipinski definition) is 0. The van der Waals surface area contributed by atoms with Crippen LogP contribution in [0.2, 0.25) is 0 Å². The molecule has 0 spiro atoms. The van der Waals surface area contributed by atoms with Crippen molar-refractivity contribution in [3.63, 3.8) is 0 Å². The summed E-state index contributed by atoms with van der Waals surface area (Å²) < 4.78 is 16.2. The van der Waals surface area contributed by atoms with Gasteiger partial charge in [0.2, 0.25) is 11.7 Å². The van der Waals surface area contributed by atoms with E-state index >= 15 is 0 Å². The number of ether oxygens (including phenoxy) is 2. The van der Waals surface area contributed by atoms with Gasteiger partial charge < -0.3 is 18.9 Å². The molecular weight excluding hydrogens is 370 g/mol. The highest BCUT2D eigenvalue weighted by Crippen LogP contribution is 2.31. The zero-order valence-corrected chi connectivity index (χ0v) is 17.6. The Bertz CT molecular complexity index is 803. The average Bonchev–Trinajstić information content (AvgIpc) is 3.22. The number of likely N-dealkylation sites (tertiary alicyclic amines) is 1. The quantitative estimate of drug-likeness (QED) is 0.728. The topological polar surface area (TPSA) is 67.1 Å². The summed E-state index contributed by atoms with van der Waals surface area (Å²) in [5.74, 6) is 2.56. The van der Waals surface area contributed by atoms with Gasteiger partial charge in [0.15, 0.2) is 11.5 Å². The van der Waals surface area contributed by atoms with E-state index in [2.05, 4.69) is 31.9 Å². The highest BCUT2D eigenvalue weighted by Gasteiger charge is 2.27. The van der Waals surface area contributed by atoms with Gasteiger partial charge in [0, 0.05) is 44.3 Å². The van der Waals surface area contributed by atoms with Crippen LogP contribution in [-0.2, 0) is 6.54 Å². The summed E-state index contributed by atoms with van der Waals surface area (Å²) in [4.78, 5) is 12.1. The Kier molecular flexibility index (Phi) is 6.32. The molecule has 1 aromatic carbocycles. The van der Waals surface area contributed by atoms with Gasteiger partial charge in [-0.1, -0.05) is 5.16 Å². The first-order valence-corrected chi connectivity index (χ1v) is 10.4. The molecule has 2 saturated heterocycles. The van der Waals surface area contributed by atoms with Crippen LogP contribution in [-0.4, -0.2) is 91.4 Å². The molecule has 0 aliphatic carbocycles. The van der Waals surface area contributed by atoms with Crippen molar-refractivity contribution in [1.82, 2.24) is 24.8 Å². The molecule has 1 unspecified atom stereocenters. The molecule has 2 aliphatic rings. The van der Waals surface area contributed by atoms with Crippen molar-refractivity contribution in [2.75, 3.05) is 60.5 Å². The van der Waals surface area contributed by atoms with Crippen LogP contribution in [0, 0.1) is 0 Å². The minimum atomic E-state index is 0.574. The Hall–Kier alpha value is -2.16. The van der Waals surface area contributed by atoms with Crippen LogP contribution in [0.5, 0.6) is 11.5 Å². The van der Waals surface area contributed by atoms with Crippen LogP contribution in [0.15, 0.2) is 22.7 Å². The molecule has 4 rings (SSSR count). The van der Waals surface area contributed by atoms with Crippen molar-refractivity contribution in [1.29, 1.82) is 0 Å². The Labute approximate surface area is 172 Å². The van der Waals surface area contributed by atoms with Gasteiger partial charge in [-0.05, 0) is 44.6 Å². The molecule has 3 heterocycles. The lowest BCUT2D eigenvalue weighted by Gasteiger charge is -2.42. The van der Waals surface area contributed by atoms with Crippen molar-refractivity contribution in [2.24, 2.45) is 0 Å². The fourth-order valence-corrected chi connectivity index (χ4v) is 4.33. The van der Waals surface area contributed by atoms with E-state index in [0.717, 1.165) is 31.7 Å². The third-order valence-electron chi connectivity index (χ3n) is 5.99. The molecule has 1 atom stereocenters. The molecule has 0 N–H and O–H groups in total. The van der Waals surface area contributed by atoms with E-state index in [9.17, 15) is 0 Å². The molecule has 0 bridgehead atoms. The van der Waals surface area contributed by atoms with Crippen LogP contribution >= 0.6 is 0 Å². The van der Waals surface area contributed by atoms with Crippen molar-refractivity contribution in [2.45, 2.75) is 25.4 Å². The average molecular weight is 402 g/mol. The number of piperazine rings is 1. The maximum Gasteiger partial charge on any atom is 0.241 e. The zero-order chi connectivity index (χ0) is 20.2. The minimum Gasteiger partial charge on any atom is -0.493 e. The summed E-state index contributed by atoms with van der Waals surface area (Å²) >= 11 is 0. The maximum absolute atomic E-state index is 5.51. The third kappa shape index (κ3) is 4.71. The van der Waals surface area contributed by atoms with Crippen LogP contribution in [0.25, 0.3) is 11.4 Å². The molecular formula is C21H31N5O3. The number of hydrogen-bond acceptors (Lipinski definition) is 8. The molecule has 0 amide bonds. The molecule has 0 radical (unpaired) electrons. The number of piperidine rings is 1. The van der Waals surface area contributed by atoms with E-state index in [0.29, 0.717) is 35.8 Å². The first-order chi connectivity index (χ1) is 14.2. The second kappa shape index (κ2) is 9.11. The van der Waals surface area contributed by atoms with Crippen molar-refractivity contribution in [3.8, 4) is 22.9 Å². The molecule has 2 aliphatic heterocycles. The van der Waals surface area contributed by atoms with Gasteiger partial charge in [-0.3, -0.25) is 9.80 Å². The first-order valence-electron chi connectivity index (χ1n) is 10.4. The Morgan fingerprint density at radius 2 is 1.86 bits per heavy atom. The predicted octanol–water partition coefficient (Wildman–Crippen LogP) is 1.97. The van der Waals surface area contributed by atoms with E-state index in [-0.39, 0.29) is 0 Å². The third-order valence-corrected chi connectivity index (χ3v) is 5.99. The van der Waals surface area contributed by atoms with E-state index in [1.54, 1.807) is 14.2 Å². The van der Waals surface area contributed by atoms with Gasteiger partial charge >= 0.3 is 0 Å². The van der Waals surface area contributed by atoms with E-state index in [1.165, 1.54) is 25.9 Å². The Morgan fingerprint density at radius 3 is 2.59 bits per heavy atom. The van der Waals surface area contributed by atoms with Gasteiger partial charge in [0.1, 0.15) is 0 Å². The lowest BCUT2D eigenvalue weighted by atomic mass is 10.0. The summed E-state index contributed by atoms with van der Waals surface area (Å²) in [6.07, 6.45) is 2.63. The summed E-state index contributed by atoms with van der Waals surface area (Å²) in [5, 5.41) is 4.15. The smallest absolute Gasteiger partial charge is 0.241 e. The first kappa shape index (κ1) is 20.1. The molecule has 8 nitrogen and oxygen atoms in total. The summed E-state index contributed by atoms with van der Waals surface area (Å²) in [5.41, 5.74) is 0.851. The van der Waals surface area contributed by atoms with E-state index < -0.39 is 0 Å². The molecule has 1 aromatic heterocycles. The number of methoxy groups -OCH3 is 2. The fourth-order valence-electron chi connectivity index (χ4n) is 4.33. The normalized spacial score (nSPS) is 22.0. The summed E-state index contributed by atoms with van der Waals surface area (Å²) in [6.45, 7) is 7.40. The second-order valence-electron chi connectivity index (χ2n) is 7.95. The number of likely N-dealkylation sites (N-methyl/N-ethyl adjacent to an activating group) is 1. The van der Waals surface area contributed by atoms with Gasteiger partial charge in [-0.2, -0.15) is 4.98 Å². The molecule has 2 fully saturated rings. The van der Waals surface area contributed by atoms with Crippen LogP contribution < -0.4 is 9.47 Å². The van der Waals surface area contributed by atoms with Crippen molar-refractivity contribution in [3.05, 3.63) is 24.1 Å². The minimum absolute atomic E-state index is 0.574. The molecule has 29 heavy (non-hydrogen) atoms. The van der Waals surface area contributed by atoms with Crippen molar-refractivity contribution < 1.29 is 14.0 Å². The number of aromatic nitrogens is 2. The largest absolute Gasteiger partial charge is 0.493 e. The van der Waals surface area contributed by atoms with Crippen LogP contribution in [0.1, 0.15) is 18.7 Å². The van der Waals surface area contributed by atoms with Gasteiger partial charge in [0.05, 0.1) is 20.8 Å². The number of rotatable bonds is 6. The standard InChI is InChI=1S/C21H31N5O3/c1-24-8-4-5-17(14-24)26-11-9-25(10-12-26)15-20-22-21(23-29-20)16-6-7-18(27-2)19(13-16)28-3/h6-7,13,17H,4-5,8-12,14-15H2,1-3H3. The van der Waals surface area contributed by atoms with Crippen LogP contribution in [0.3, 0.4) is 0 Å². The second-order valence-corrected chi connectivity index (χ2v) is 7.95.